The van der Waals surface area contributed by atoms with Gasteiger partial charge in [0.1, 0.15) is 5.75 Å². The van der Waals surface area contributed by atoms with Crippen molar-refractivity contribution in [3.8, 4) is 5.75 Å². The minimum absolute atomic E-state index is 0.205. The largest absolute Gasteiger partial charge is 0.490 e. The number of halogens is 2. The maximum absolute atomic E-state index is 6.74. The highest BCUT2D eigenvalue weighted by Crippen LogP contribution is 2.37. The van der Waals surface area contributed by atoms with Gasteiger partial charge in [-0.3, -0.25) is 4.99 Å². The van der Waals surface area contributed by atoms with Crippen molar-refractivity contribution < 1.29 is 4.74 Å². The number of hydrogen-bond donors (Lipinski definition) is 2. The molecule has 0 saturated heterocycles. The van der Waals surface area contributed by atoms with Crippen LogP contribution in [0.4, 0.5) is 0 Å². The van der Waals surface area contributed by atoms with E-state index in [2.05, 4.69) is 15.5 Å². The standard InChI is InChI=1S/C22H22Cl2N4O/c23-14-2-1-3-16(10-14)29-15-6-4-13(5-7-15)20-18(24)8-9-25-21-17-11-26-27-12-19(17)28-22(20)21/h1-3,8,10,12-13,15,26,28H,4-7,9,11H2. The topological polar surface area (TPSA) is 61.8 Å². The van der Waals surface area contributed by atoms with Gasteiger partial charge in [-0.05, 0) is 61.4 Å². The van der Waals surface area contributed by atoms with Gasteiger partial charge >= 0.3 is 0 Å². The van der Waals surface area contributed by atoms with E-state index in [0.29, 0.717) is 24.0 Å². The summed E-state index contributed by atoms with van der Waals surface area (Å²) in [4.78, 5) is 8.32. The molecule has 1 saturated carbocycles. The van der Waals surface area contributed by atoms with Crippen molar-refractivity contribution in [3.05, 3.63) is 62.4 Å². The number of ether oxygens (including phenoxy) is 1. The van der Waals surface area contributed by atoms with Crippen LogP contribution in [0.2, 0.25) is 5.02 Å². The van der Waals surface area contributed by atoms with Gasteiger partial charge in [-0.25, -0.2) is 0 Å². The second-order valence-electron chi connectivity index (χ2n) is 7.69. The molecule has 29 heavy (non-hydrogen) atoms. The van der Waals surface area contributed by atoms with E-state index in [4.69, 9.17) is 32.9 Å². The van der Waals surface area contributed by atoms with Crippen LogP contribution < -0.4 is 20.9 Å². The first-order valence-corrected chi connectivity index (χ1v) is 10.8. The molecule has 0 atom stereocenters. The number of hydrogen-bond acceptors (Lipinski definition) is 4. The fourth-order valence-electron chi connectivity index (χ4n) is 4.49. The molecule has 2 N–H and O–H groups in total. The Morgan fingerprint density at radius 2 is 1.97 bits per heavy atom. The van der Waals surface area contributed by atoms with E-state index in [0.717, 1.165) is 52.9 Å². The maximum Gasteiger partial charge on any atom is 0.121 e. The Bertz CT molecular complexity index is 1110. The van der Waals surface area contributed by atoms with Crippen LogP contribution >= 0.6 is 23.2 Å². The molecule has 150 valence electrons. The molecule has 7 heteroatoms. The molecule has 3 aliphatic rings. The summed E-state index contributed by atoms with van der Waals surface area (Å²) in [6.07, 6.45) is 8.09. The van der Waals surface area contributed by atoms with Crippen LogP contribution in [-0.4, -0.2) is 23.8 Å². The Morgan fingerprint density at radius 1 is 1.10 bits per heavy atom. The van der Waals surface area contributed by atoms with Gasteiger partial charge < -0.3 is 15.1 Å². The summed E-state index contributed by atoms with van der Waals surface area (Å²) >= 11 is 12.8. The van der Waals surface area contributed by atoms with Crippen molar-refractivity contribution in [2.75, 3.05) is 6.54 Å². The van der Waals surface area contributed by atoms with E-state index in [1.165, 1.54) is 11.1 Å². The normalized spacial score (nSPS) is 23.2. The Balaban J connectivity index is 1.41. The van der Waals surface area contributed by atoms with E-state index in [1.807, 2.05) is 36.6 Å². The molecule has 2 aliphatic heterocycles. The van der Waals surface area contributed by atoms with Crippen molar-refractivity contribution in [3.63, 3.8) is 0 Å². The highest BCUT2D eigenvalue weighted by Gasteiger charge is 2.28. The van der Waals surface area contributed by atoms with Crippen LogP contribution in [-0.2, 0) is 6.54 Å². The molecule has 0 bridgehead atoms. The smallest absolute Gasteiger partial charge is 0.121 e. The molecular formula is C22H22Cl2N4O. The monoisotopic (exact) mass is 428 g/mol. The van der Waals surface area contributed by atoms with Crippen molar-refractivity contribution in [2.24, 2.45) is 16.0 Å². The van der Waals surface area contributed by atoms with Crippen molar-refractivity contribution in [1.82, 2.24) is 10.4 Å². The number of aromatic amines is 1. The fraction of sp³-hybridized carbons (Fsp3) is 0.364. The van der Waals surface area contributed by atoms with Crippen LogP contribution in [0.5, 0.6) is 5.75 Å². The van der Waals surface area contributed by atoms with E-state index in [-0.39, 0.29) is 6.10 Å². The van der Waals surface area contributed by atoms with E-state index in [1.54, 1.807) is 0 Å². The average molecular weight is 429 g/mol. The molecule has 0 spiro atoms. The third-order valence-electron chi connectivity index (χ3n) is 5.88. The van der Waals surface area contributed by atoms with Gasteiger partial charge in [-0.15, -0.1) is 0 Å². The third-order valence-corrected chi connectivity index (χ3v) is 6.47. The Hall–Kier alpha value is -2.24. The predicted octanol–water partition coefficient (Wildman–Crippen LogP) is 3.65. The molecular weight excluding hydrogens is 407 g/mol. The molecule has 3 heterocycles. The zero-order chi connectivity index (χ0) is 19.8. The molecule has 5 rings (SSSR count). The lowest BCUT2D eigenvalue weighted by molar-refractivity contribution is 0.143. The minimum atomic E-state index is 0.205. The van der Waals surface area contributed by atoms with Gasteiger partial charge in [0, 0.05) is 15.6 Å². The number of H-pyrrole nitrogens is 1. The Labute approximate surface area is 179 Å². The first-order chi connectivity index (χ1) is 14.2. The molecule has 1 aromatic heterocycles. The molecule has 0 unspecified atom stereocenters. The molecule has 1 fully saturated rings. The summed E-state index contributed by atoms with van der Waals surface area (Å²) in [5.41, 5.74) is 6.43. The lowest BCUT2D eigenvalue weighted by atomic mass is 9.82. The van der Waals surface area contributed by atoms with Crippen LogP contribution in [0.15, 0.2) is 45.5 Å². The zero-order valence-electron chi connectivity index (χ0n) is 15.9. The first kappa shape index (κ1) is 18.8. The Morgan fingerprint density at radius 3 is 2.79 bits per heavy atom. The summed E-state index contributed by atoms with van der Waals surface area (Å²) in [7, 11) is 0. The molecule has 5 nitrogen and oxygen atoms in total. The van der Waals surface area contributed by atoms with Crippen LogP contribution in [0.3, 0.4) is 0 Å². The van der Waals surface area contributed by atoms with E-state index < -0.39 is 0 Å². The summed E-state index contributed by atoms with van der Waals surface area (Å²) in [5.74, 6) is 1.22. The number of nitrogens with one attached hydrogen (secondary N) is 2. The van der Waals surface area contributed by atoms with Gasteiger partial charge in [0.05, 0.1) is 41.8 Å². The number of benzene rings is 1. The number of nitrogens with zero attached hydrogens (tertiary/aromatic N) is 2. The zero-order valence-corrected chi connectivity index (χ0v) is 17.4. The third kappa shape index (κ3) is 3.69. The van der Waals surface area contributed by atoms with Gasteiger partial charge in [0.2, 0.25) is 0 Å². The van der Waals surface area contributed by atoms with Crippen molar-refractivity contribution in [1.29, 1.82) is 0 Å². The average Bonchev–Trinajstić information content (AvgIpc) is 2.99. The summed E-state index contributed by atoms with van der Waals surface area (Å²) in [6, 6.07) is 7.62. The number of fused-ring (bicyclic) bond motifs is 3. The lowest BCUT2D eigenvalue weighted by Gasteiger charge is -2.30. The van der Waals surface area contributed by atoms with Crippen molar-refractivity contribution in [2.45, 2.75) is 38.3 Å². The van der Waals surface area contributed by atoms with Crippen LogP contribution in [0, 0.1) is 5.92 Å². The first-order valence-electron chi connectivity index (χ1n) is 10.0. The van der Waals surface area contributed by atoms with Gasteiger partial charge in [0.25, 0.3) is 0 Å². The van der Waals surface area contributed by atoms with E-state index >= 15 is 0 Å². The van der Waals surface area contributed by atoms with Crippen LogP contribution in [0.25, 0.3) is 5.57 Å². The van der Waals surface area contributed by atoms with Gasteiger partial charge in [-0.1, -0.05) is 29.3 Å². The number of hydrazone groups is 1. The molecule has 1 aromatic carbocycles. The highest BCUT2D eigenvalue weighted by atomic mass is 35.5. The number of rotatable bonds is 3. The maximum atomic E-state index is 6.74. The summed E-state index contributed by atoms with van der Waals surface area (Å²) < 4.78 is 6.17. The molecule has 0 radical (unpaired) electrons. The Kier molecular flexibility index (Phi) is 5.10. The summed E-state index contributed by atoms with van der Waals surface area (Å²) in [6.45, 7) is 1.29. The number of aromatic nitrogens is 1. The van der Waals surface area contributed by atoms with Crippen molar-refractivity contribution >= 4 is 35.0 Å². The highest BCUT2D eigenvalue weighted by molar-refractivity contribution is 6.35. The quantitative estimate of drug-likeness (QED) is 0.783. The second kappa shape index (κ2) is 7.88. The minimum Gasteiger partial charge on any atom is -0.490 e. The summed E-state index contributed by atoms with van der Waals surface area (Å²) in [5, 5.41) is 7.77. The SMILES string of the molecule is ClC1=CCN=c2c3c([nH]c2=C1C1CCC(Oc2cccc(Cl)c2)CC1)C=NNC3. The molecule has 1 aliphatic carbocycles. The lowest BCUT2D eigenvalue weighted by Crippen LogP contribution is -2.33. The second-order valence-corrected chi connectivity index (χ2v) is 8.53. The van der Waals surface area contributed by atoms with Gasteiger partial charge in [0.15, 0.2) is 0 Å². The van der Waals surface area contributed by atoms with Crippen LogP contribution in [0.1, 0.15) is 36.9 Å². The van der Waals surface area contributed by atoms with E-state index in [9.17, 15) is 0 Å². The predicted molar refractivity (Wildman–Crippen MR) is 116 cm³/mol. The molecule has 2 aromatic rings. The molecule has 0 amide bonds. The number of allylic oxidation sites excluding steroid dienone is 1. The van der Waals surface area contributed by atoms with Gasteiger partial charge in [-0.2, -0.15) is 5.10 Å². The fourth-order valence-corrected chi connectivity index (χ4v) is 4.99.